The van der Waals surface area contributed by atoms with Crippen LogP contribution in [0.5, 0.6) is 0 Å². The first-order chi connectivity index (χ1) is 8.74. The number of carboxylic acid groups (broad SMARTS) is 1. The summed E-state index contributed by atoms with van der Waals surface area (Å²) in [6, 6.07) is 7.76. The van der Waals surface area contributed by atoms with Gasteiger partial charge in [0.1, 0.15) is 6.04 Å². The lowest BCUT2D eigenvalue weighted by molar-refractivity contribution is -0.138. The van der Waals surface area contributed by atoms with Crippen LogP contribution in [0.2, 0.25) is 0 Å². The Bertz CT molecular complexity index is 581. The van der Waals surface area contributed by atoms with Gasteiger partial charge in [0.25, 0.3) is 0 Å². The average molecular weight is 262 g/mol. The molecule has 0 bridgehead atoms. The van der Waals surface area contributed by atoms with Crippen molar-refractivity contribution in [1.82, 2.24) is 10.3 Å². The first kappa shape index (κ1) is 11.6. The molecule has 4 nitrogen and oxygen atoms in total. The Hall–Kier alpha value is -1.46. The van der Waals surface area contributed by atoms with Gasteiger partial charge in [0, 0.05) is 22.9 Å². The van der Waals surface area contributed by atoms with Crippen LogP contribution >= 0.6 is 11.8 Å². The van der Waals surface area contributed by atoms with Gasteiger partial charge in [-0.05, 0) is 18.1 Å². The van der Waals surface area contributed by atoms with Crippen LogP contribution in [0, 0.1) is 0 Å². The highest BCUT2D eigenvalue weighted by molar-refractivity contribution is 8.00. The molecule has 1 saturated heterocycles. The van der Waals surface area contributed by atoms with E-state index in [1.54, 1.807) is 11.8 Å². The molecule has 3 N–H and O–H groups in total. The highest BCUT2D eigenvalue weighted by Gasteiger charge is 2.29. The number of aromatic nitrogens is 1. The fourth-order valence-corrected chi connectivity index (χ4v) is 3.52. The molecule has 0 aliphatic carbocycles. The highest BCUT2D eigenvalue weighted by Crippen LogP contribution is 2.26. The number of H-pyrrole nitrogens is 1. The monoisotopic (exact) mass is 262 g/mol. The van der Waals surface area contributed by atoms with Gasteiger partial charge in [-0.25, -0.2) is 0 Å². The molecule has 2 aromatic rings. The third kappa shape index (κ3) is 2.11. The number of hydrogen-bond acceptors (Lipinski definition) is 3. The normalized spacial score (nSPS) is 23.6. The van der Waals surface area contributed by atoms with Crippen LogP contribution in [0.4, 0.5) is 0 Å². The lowest BCUT2D eigenvalue weighted by atomic mass is 10.1. The fraction of sp³-hybridized carbons (Fsp3) is 0.308. The Kier molecular flexibility index (Phi) is 3.01. The van der Waals surface area contributed by atoms with Gasteiger partial charge in [-0.2, -0.15) is 0 Å². The molecule has 0 radical (unpaired) electrons. The lowest BCUT2D eigenvalue weighted by Crippen LogP contribution is -2.37. The molecule has 0 saturated carbocycles. The standard InChI is InChI=1S/C13H14N2O2S/c16-13(17)11-7-18-12(15-11)5-8-6-14-10-4-2-1-3-9(8)10/h1-4,6,11-12,14-15H,5,7H2,(H,16,17). The van der Waals surface area contributed by atoms with Crippen LogP contribution in [0.3, 0.4) is 0 Å². The second-order valence-corrected chi connectivity index (χ2v) is 5.68. The summed E-state index contributed by atoms with van der Waals surface area (Å²) >= 11 is 1.68. The highest BCUT2D eigenvalue weighted by atomic mass is 32.2. The van der Waals surface area contributed by atoms with Crippen LogP contribution in [0.25, 0.3) is 10.9 Å². The largest absolute Gasteiger partial charge is 0.480 e. The second kappa shape index (κ2) is 4.66. The molecule has 2 atom stereocenters. The molecule has 0 amide bonds. The molecule has 1 aromatic carbocycles. The van der Waals surface area contributed by atoms with Crippen molar-refractivity contribution in [3.8, 4) is 0 Å². The minimum Gasteiger partial charge on any atom is -0.480 e. The summed E-state index contributed by atoms with van der Waals surface area (Å²) in [4.78, 5) is 14.1. The van der Waals surface area contributed by atoms with Gasteiger partial charge >= 0.3 is 5.97 Å². The van der Waals surface area contributed by atoms with E-state index < -0.39 is 12.0 Å². The number of fused-ring (bicyclic) bond motifs is 1. The van der Waals surface area contributed by atoms with Crippen molar-refractivity contribution in [3.63, 3.8) is 0 Å². The van der Waals surface area contributed by atoms with Crippen molar-refractivity contribution >= 4 is 28.6 Å². The minimum atomic E-state index is -0.760. The molecular weight excluding hydrogens is 248 g/mol. The molecule has 1 fully saturated rings. The summed E-state index contributed by atoms with van der Waals surface area (Å²) in [5.41, 5.74) is 2.37. The summed E-state index contributed by atoms with van der Waals surface area (Å²) in [5, 5.41) is 13.5. The molecule has 3 rings (SSSR count). The van der Waals surface area contributed by atoms with Crippen molar-refractivity contribution in [3.05, 3.63) is 36.0 Å². The summed E-state index contributed by atoms with van der Waals surface area (Å²) in [7, 11) is 0. The molecule has 18 heavy (non-hydrogen) atoms. The van der Waals surface area contributed by atoms with Crippen molar-refractivity contribution in [2.24, 2.45) is 0 Å². The van der Waals surface area contributed by atoms with Crippen LogP contribution < -0.4 is 5.32 Å². The summed E-state index contributed by atoms with van der Waals surface area (Å²) in [6.07, 6.45) is 2.86. The number of hydrogen-bond donors (Lipinski definition) is 3. The van der Waals surface area contributed by atoms with Crippen molar-refractivity contribution in [2.45, 2.75) is 17.8 Å². The predicted octanol–water partition coefficient (Wildman–Crippen LogP) is 1.83. The zero-order chi connectivity index (χ0) is 12.5. The van der Waals surface area contributed by atoms with E-state index in [0.29, 0.717) is 5.75 Å². The lowest BCUT2D eigenvalue weighted by Gasteiger charge is -2.09. The van der Waals surface area contributed by atoms with Gasteiger partial charge < -0.3 is 10.1 Å². The maximum absolute atomic E-state index is 10.9. The Morgan fingerprint density at radius 2 is 2.28 bits per heavy atom. The topological polar surface area (TPSA) is 65.1 Å². The number of carbonyl (C=O) groups is 1. The minimum absolute atomic E-state index is 0.185. The van der Waals surface area contributed by atoms with E-state index in [-0.39, 0.29) is 5.37 Å². The van der Waals surface area contributed by atoms with Gasteiger partial charge in [-0.3, -0.25) is 10.1 Å². The molecule has 1 aromatic heterocycles. The third-order valence-electron chi connectivity index (χ3n) is 3.23. The van der Waals surface area contributed by atoms with Gasteiger partial charge in [0.2, 0.25) is 0 Å². The first-order valence-electron chi connectivity index (χ1n) is 5.89. The predicted molar refractivity (Wildman–Crippen MR) is 72.8 cm³/mol. The van der Waals surface area contributed by atoms with Crippen molar-refractivity contribution in [1.29, 1.82) is 0 Å². The second-order valence-electron chi connectivity index (χ2n) is 4.44. The number of benzene rings is 1. The molecule has 94 valence electrons. The smallest absolute Gasteiger partial charge is 0.321 e. The number of aromatic amines is 1. The third-order valence-corrected chi connectivity index (χ3v) is 4.46. The number of rotatable bonds is 3. The number of aliphatic carboxylic acids is 1. The molecule has 1 aliphatic heterocycles. The zero-order valence-electron chi connectivity index (χ0n) is 9.72. The summed E-state index contributed by atoms with van der Waals surface area (Å²) < 4.78 is 0. The van der Waals surface area contributed by atoms with E-state index in [1.165, 1.54) is 10.9 Å². The van der Waals surface area contributed by atoms with E-state index >= 15 is 0 Å². The first-order valence-corrected chi connectivity index (χ1v) is 6.94. The Morgan fingerprint density at radius 3 is 3.06 bits per heavy atom. The van der Waals surface area contributed by atoms with Crippen LogP contribution in [-0.4, -0.2) is 33.2 Å². The maximum atomic E-state index is 10.9. The van der Waals surface area contributed by atoms with Crippen LogP contribution in [-0.2, 0) is 11.2 Å². The average Bonchev–Trinajstić information content (AvgIpc) is 2.98. The molecule has 2 unspecified atom stereocenters. The Morgan fingerprint density at radius 1 is 1.44 bits per heavy atom. The number of para-hydroxylation sites is 1. The molecule has 1 aliphatic rings. The molecule has 5 heteroatoms. The van der Waals surface area contributed by atoms with E-state index in [9.17, 15) is 4.79 Å². The molecule has 2 heterocycles. The van der Waals surface area contributed by atoms with Gasteiger partial charge in [-0.1, -0.05) is 18.2 Å². The van der Waals surface area contributed by atoms with E-state index in [4.69, 9.17) is 5.11 Å². The molecule has 0 spiro atoms. The fourth-order valence-electron chi connectivity index (χ4n) is 2.29. The van der Waals surface area contributed by atoms with E-state index in [0.717, 1.165) is 11.9 Å². The van der Waals surface area contributed by atoms with Crippen LogP contribution in [0.15, 0.2) is 30.5 Å². The maximum Gasteiger partial charge on any atom is 0.321 e. The number of carboxylic acids is 1. The van der Waals surface area contributed by atoms with E-state index in [1.807, 2.05) is 24.4 Å². The Labute approximate surface area is 109 Å². The Balaban J connectivity index is 1.76. The quantitative estimate of drug-likeness (QED) is 0.789. The van der Waals surface area contributed by atoms with Crippen LogP contribution in [0.1, 0.15) is 5.56 Å². The number of thioether (sulfide) groups is 1. The SMILES string of the molecule is O=C(O)C1CSC(Cc2c[nH]c3ccccc23)N1. The summed E-state index contributed by atoms with van der Waals surface area (Å²) in [6.45, 7) is 0. The van der Waals surface area contributed by atoms with Gasteiger partial charge in [-0.15, -0.1) is 11.8 Å². The van der Waals surface area contributed by atoms with Crippen molar-refractivity contribution < 1.29 is 9.90 Å². The van der Waals surface area contributed by atoms with E-state index in [2.05, 4.69) is 16.4 Å². The molecular formula is C13H14N2O2S. The van der Waals surface area contributed by atoms with Gasteiger partial charge in [0.05, 0.1) is 5.37 Å². The zero-order valence-corrected chi connectivity index (χ0v) is 10.5. The van der Waals surface area contributed by atoms with Gasteiger partial charge in [0.15, 0.2) is 0 Å². The summed E-state index contributed by atoms with van der Waals surface area (Å²) in [5.74, 6) is -0.119. The van der Waals surface area contributed by atoms with Crippen molar-refractivity contribution in [2.75, 3.05) is 5.75 Å². The number of nitrogens with one attached hydrogen (secondary N) is 2.